The Morgan fingerprint density at radius 3 is 2.50 bits per heavy atom. The minimum atomic E-state index is -3.62. The number of piperidine rings is 1. The molecule has 2 aliphatic rings. The number of carboxylic acids is 1. The van der Waals surface area contributed by atoms with E-state index in [1.54, 1.807) is 30.3 Å². The number of amides is 1. The molecule has 2 fully saturated rings. The fourth-order valence-corrected chi connectivity index (χ4v) is 5.39. The summed E-state index contributed by atoms with van der Waals surface area (Å²) in [4.78, 5) is 24.1. The molecule has 3 atom stereocenters. The molecule has 26 heavy (non-hydrogen) atoms. The number of hydrogen-bond acceptors (Lipinski definition) is 4. The largest absolute Gasteiger partial charge is 0.481 e. The Morgan fingerprint density at radius 1 is 1.08 bits per heavy atom. The standard InChI is InChI=1S/C18H24N2O5S/c21-17(19-16-10-4-9-15(16)18(22)23)13-6-5-11-20(12-13)26(24,25)14-7-2-1-3-8-14/h1-3,7-8,13,15-16H,4-6,9-12H2,(H,19,21)(H,22,23)/t13?,15-,16+/m1/s1. The van der Waals surface area contributed by atoms with E-state index < -0.39 is 27.8 Å². The first-order valence-electron chi connectivity index (χ1n) is 8.98. The molecule has 1 saturated carbocycles. The number of benzene rings is 1. The van der Waals surface area contributed by atoms with Crippen LogP contribution in [0.1, 0.15) is 32.1 Å². The van der Waals surface area contributed by atoms with Crippen molar-refractivity contribution in [2.75, 3.05) is 13.1 Å². The van der Waals surface area contributed by atoms with Crippen molar-refractivity contribution in [3.63, 3.8) is 0 Å². The Kier molecular flexibility index (Phi) is 5.62. The van der Waals surface area contributed by atoms with Gasteiger partial charge in [-0.2, -0.15) is 4.31 Å². The lowest BCUT2D eigenvalue weighted by atomic mass is 9.97. The van der Waals surface area contributed by atoms with Crippen molar-refractivity contribution in [1.82, 2.24) is 9.62 Å². The lowest BCUT2D eigenvalue weighted by molar-refractivity contribution is -0.142. The lowest BCUT2D eigenvalue weighted by Gasteiger charge is -2.32. The van der Waals surface area contributed by atoms with Crippen LogP contribution in [0.25, 0.3) is 0 Å². The van der Waals surface area contributed by atoms with Crippen molar-refractivity contribution in [3.8, 4) is 0 Å². The maximum Gasteiger partial charge on any atom is 0.308 e. The van der Waals surface area contributed by atoms with Gasteiger partial charge in [-0.15, -0.1) is 0 Å². The second-order valence-electron chi connectivity index (χ2n) is 7.01. The summed E-state index contributed by atoms with van der Waals surface area (Å²) in [6.45, 7) is 0.524. The molecule has 1 heterocycles. The van der Waals surface area contributed by atoms with E-state index in [0.29, 0.717) is 32.2 Å². The summed E-state index contributed by atoms with van der Waals surface area (Å²) < 4.78 is 26.9. The molecule has 7 nitrogen and oxygen atoms in total. The monoisotopic (exact) mass is 380 g/mol. The third-order valence-corrected chi connectivity index (χ3v) is 7.18. The highest BCUT2D eigenvalue weighted by Gasteiger charge is 2.37. The predicted octanol–water partition coefficient (Wildman–Crippen LogP) is 1.46. The summed E-state index contributed by atoms with van der Waals surface area (Å²) in [6.07, 6.45) is 3.22. The van der Waals surface area contributed by atoms with E-state index in [1.807, 2.05) is 0 Å². The van der Waals surface area contributed by atoms with Gasteiger partial charge in [-0.25, -0.2) is 8.42 Å². The maximum absolute atomic E-state index is 12.8. The molecule has 0 bridgehead atoms. The highest BCUT2D eigenvalue weighted by Crippen LogP contribution is 2.28. The zero-order valence-corrected chi connectivity index (χ0v) is 15.3. The molecule has 8 heteroatoms. The Balaban J connectivity index is 1.67. The van der Waals surface area contributed by atoms with E-state index in [2.05, 4.69) is 5.32 Å². The van der Waals surface area contributed by atoms with Crippen LogP contribution >= 0.6 is 0 Å². The van der Waals surface area contributed by atoms with Gasteiger partial charge in [0.05, 0.1) is 16.7 Å². The van der Waals surface area contributed by atoms with E-state index in [9.17, 15) is 23.1 Å². The number of sulfonamides is 1. The Morgan fingerprint density at radius 2 is 1.81 bits per heavy atom. The Hall–Kier alpha value is -1.93. The van der Waals surface area contributed by atoms with Gasteiger partial charge in [0.25, 0.3) is 0 Å². The van der Waals surface area contributed by atoms with Gasteiger partial charge in [-0.05, 0) is 37.8 Å². The molecule has 1 aliphatic heterocycles. The third-order valence-electron chi connectivity index (χ3n) is 5.30. The van der Waals surface area contributed by atoms with Crippen LogP contribution in [0.2, 0.25) is 0 Å². The molecule has 1 aromatic carbocycles. The molecule has 1 unspecified atom stereocenters. The van der Waals surface area contributed by atoms with Crippen molar-refractivity contribution in [1.29, 1.82) is 0 Å². The van der Waals surface area contributed by atoms with E-state index >= 15 is 0 Å². The third kappa shape index (κ3) is 3.91. The molecule has 1 aliphatic carbocycles. The number of aliphatic carboxylic acids is 1. The fraction of sp³-hybridized carbons (Fsp3) is 0.556. The molecule has 0 spiro atoms. The number of hydrogen-bond donors (Lipinski definition) is 2. The van der Waals surface area contributed by atoms with Gasteiger partial charge in [0.2, 0.25) is 15.9 Å². The van der Waals surface area contributed by atoms with Crippen LogP contribution < -0.4 is 5.32 Å². The zero-order valence-electron chi connectivity index (χ0n) is 14.5. The SMILES string of the molecule is O=C(N[C@H]1CCC[C@H]1C(=O)O)C1CCCN(S(=O)(=O)c2ccccc2)C1. The average Bonchev–Trinajstić information content (AvgIpc) is 3.11. The molecular weight excluding hydrogens is 356 g/mol. The molecule has 1 amide bonds. The minimum absolute atomic E-state index is 0.132. The predicted molar refractivity (Wildman–Crippen MR) is 94.8 cm³/mol. The normalized spacial score (nSPS) is 27.2. The summed E-state index contributed by atoms with van der Waals surface area (Å²) in [5.41, 5.74) is 0. The van der Waals surface area contributed by atoms with E-state index in [4.69, 9.17) is 0 Å². The van der Waals surface area contributed by atoms with Crippen LogP contribution in [0.4, 0.5) is 0 Å². The van der Waals surface area contributed by atoms with Crippen LogP contribution in [0, 0.1) is 11.8 Å². The van der Waals surface area contributed by atoms with E-state index in [1.165, 1.54) is 4.31 Å². The zero-order chi connectivity index (χ0) is 18.7. The number of carbonyl (C=O) groups excluding carboxylic acids is 1. The van der Waals surface area contributed by atoms with Gasteiger partial charge in [-0.1, -0.05) is 24.6 Å². The lowest BCUT2D eigenvalue weighted by Crippen LogP contribution is -2.48. The number of carbonyl (C=O) groups is 2. The summed E-state index contributed by atoms with van der Waals surface area (Å²) in [6, 6.07) is 7.84. The van der Waals surface area contributed by atoms with Crippen LogP contribution in [0.15, 0.2) is 35.2 Å². The van der Waals surface area contributed by atoms with Crippen molar-refractivity contribution >= 4 is 21.9 Å². The molecule has 0 aromatic heterocycles. The molecule has 1 saturated heterocycles. The summed E-state index contributed by atoms with van der Waals surface area (Å²) in [5, 5.41) is 12.1. The van der Waals surface area contributed by atoms with Gasteiger partial charge in [0.15, 0.2) is 0 Å². The average molecular weight is 380 g/mol. The van der Waals surface area contributed by atoms with Crippen molar-refractivity contribution < 1.29 is 23.1 Å². The van der Waals surface area contributed by atoms with E-state index in [-0.39, 0.29) is 23.4 Å². The first-order valence-corrected chi connectivity index (χ1v) is 10.4. The quantitative estimate of drug-likeness (QED) is 0.805. The summed E-state index contributed by atoms with van der Waals surface area (Å²) in [5.74, 6) is -2.12. The molecule has 1 aromatic rings. The van der Waals surface area contributed by atoms with Crippen molar-refractivity contribution in [2.45, 2.75) is 43.0 Å². The highest BCUT2D eigenvalue weighted by atomic mass is 32.2. The van der Waals surface area contributed by atoms with Gasteiger partial charge in [-0.3, -0.25) is 9.59 Å². The maximum atomic E-state index is 12.8. The molecule has 0 radical (unpaired) electrons. The van der Waals surface area contributed by atoms with Crippen LogP contribution in [-0.4, -0.2) is 48.8 Å². The topological polar surface area (TPSA) is 104 Å². The van der Waals surface area contributed by atoms with Gasteiger partial charge in [0, 0.05) is 19.1 Å². The number of nitrogens with zero attached hydrogens (tertiary/aromatic N) is 1. The molecular formula is C18H24N2O5S. The molecule has 2 N–H and O–H groups in total. The van der Waals surface area contributed by atoms with Gasteiger partial charge >= 0.3 is 5.97 Å². The molecule has 142 valence electrons. The van der Waals surface area contributed by atoms with Crippen LogP contribution in [-0.2, 0) is 19.6 Å². The minimum Gasteiger partial charge on any atom is -0.481 e. The van der Waals surface area contributed by atoms with Gasteiger partial charge in [0.1, 0.15) is 0 Å². The summed E-state index contributed by atoms with van der Waals surface area (Å²) in [7, 11) is -3.62. The number of rotatable bonds is 5. The van der Waals surface area contributed by atoms with Crippen molar-refractivity contribution in [2.24, 2.45) is 11.8 Å². The first kappa shape index (κ1) is 18.8. The second-order valence-corrected chi connectivity index (χ2v) is 8.94. The number of nitrogens with one attached hydrogen (secondary N) is 1. The molecule has 3 rings (SSSR count). The smallest absolute Gasteiger partial charge is 0.308 e. The van der Waals surface area contributed by atoms with E-state index in [0.717, 1.165) is 6.42 Å². The fourth-order valence-electron chi connectivity index (χ4n) is 3.85. The van der Waals surface area contributed by atoms with Crippen molar-refractivity contribution in [3.05, 3.63) is 30.3 Å². The highest BCUT2D eigenvalue weighted by molar-refractivity contribution is 7.89. The first-order chi connectivity index (χ1) is 12.4. The van der Waals surface area contributed by atoms with Crippen LogP contribution in [0.3, 0.4) is 0 Å². The second kappa shape index (κ2) is 7.75. The van der Waals surface area contributed by atoms with Gasteiger partial charge < -0.3 is 10.4 Å². The number of carboxylic acid groups (broad SMARTS) is 1. The Bertz CT molecular complexity index is 765. The Labute approximate surface area is 153 Å². The van der Waals surface area contributed by atoms with Crippen LogP contribution in [0.5, 0.6) is 0 Å². The summed E-state index contributed by atoms with van der Waals surface area (Å²) >= 11 is 0.